The lowest BCUT2D eigenvalue weighted by Crippen LogP contribution is -2.36. The molecule has 0 bridgehead atoms. The molecule has 1 fully saturated rings. The minimum Gasteiger partial charge on any atom is -0.463 e. The Labute approximate surface area is 127 Å². The second kappa shape index (κ2) is 9.03. The number of hydrogen-bond acceptors (Lipinski definition) is 5. The summed E-state index contributed by atoms with van der Waals surface area (Å²) in [6.45, 7) is 7.12. The maximum atomic E-state index is 12.1. The first kappa shape index (κ1) is 18.0. The molecule has 21 heavy (non-hydrogen) atoms. The summed E-state index contributed by atoms with van der Waals surface area (Å²) in [7, 11) is 0. The number of carbonyl (C=O) groups is 2. The van der Waals surface area contributed by atoms with E-state index in [1.807, 2.05) is 0 Å². The van der Waals surface area contributed by atoms with Gasteiger partial charge in [0.15, 0.2) is 6.10 Å². The van der Waals surface area contributed by atoms with Gasteiger partial charge in [0.25, 0.3) is 0 Å². The van der Waals surface area contributed by atoms with Gasteiger partial charge in [-0.25, -0.2) is 4.79 Å². The van der Waals surface area contributed by atoms with Crippen molar-refractivity contribution in [2.24, 2.45) is 0 Å². The Morgan fingerprint density at radius 3 is 2.05 bits per heavy atom. The van der Waals surface area contributed by atoms with Crippen LogP contribution in [0.5, 0.6) is 0 Å². The SMILES string of the molecule is CC(C)OC(=O)CC(OC1CCCCC1)C(=O)OC(C)C. The molecular formula is C16H28O5. The van der Waals surface area contributed by atoms with E-state index in [9.17, 15) is 9.59 Å². The van der Waals surface area contributed by atoms with E-state index in [2.05, 4.69) is 0 Å². The normalized spacial score (nSPS) is 17.8. The van der Waals surface area contributed by atoms with Crippen LogP contribution in [0.2, 0.25) is 0 Å². The van der Waals surface area contributed by atoms with E-state index in [0.29, 0.717) is 0 Å². The lowest BCUT2D eigenvalue weighted by molar-refractivity contribution is -0.172. The van der Waals surface area contributed by atoms with Crippen LogP contribution in [-0.2, 0) is 23.8 Å². The highest BCUT2D eigenvalue weighted by atomic mass is 16.6. The summed E-state index contributed by atoms with van der Waals surface area (Å²) < 4.78 is 16.1. The minimum atomic E-state index is -0.859. The van der Waals surface area contributed by atoms with Crippen LogP contribution in [0.3, 0.4) is 0 Å². The van der Waals surface area contributed by atoms with Crippen molar-refractivity contribution in [1.29, 1.82) is 0 Å². The fourth-order valence-corrected chi connectivity index (χ4v) is 2.39. The summed E-state index contributed by atoms with van der Waals surface area (Å²) in [5.41, 5.74) is 0. The lowest BCUT2D eigenvalue weighted by Gasteiger charge is -2.27. The second-order valence-electron chi connectivity index (χ2n) is 6.11. The molecule has 1 rings (SSSR count). The van der Waals surface area contributed by atoms with Crippen LogP contribution in [0, 0.1) is 0 Å². The molecule has 1 unspecified atom stereocenters. The molecule has 0 N–H and O–H groups in total. The summed E-state index contributed by atoms with van der Waals surface area (Å²) in [6.07, 6.45) is 3.95. The Kier molecular flexibility index (Phi) is 7.72. The van der Waals surface area contributed by atoms with Crippen LogP contribution in [0.15, 0.2) is 0 Å². The van der Waals surface area contributed by atoms with E-state index in [-0.39, 0.29) is 24.7 Å². The van der Waals surface area contributed by atoms with Crippen molar-refractivity contribution in [2.75, 3.05) is 0 Å². The lowest BCUT2D eigenvalue weighted by atomic mass is 9.97. The molecule has 1 saturated carbocycles. The molecule has 1 aliphatic rings. The number of esters is 2. The van der Waals surface area contributed by atoms with Gasteiger partial charge < -0.3 is 14.2 Å². The average molecular weight is 300 g/mol. The summed E-state index contributed by atoms with van der Waals surface area (Å²) >= 11 is 0. The van der Waals surface area contributed by atoms with Crippen molar-refractivity contribution >= 4 is 11.9 Å². The maximum Gasteiger partial charge on any atom is 0.336 e. The van der Waals surface area contributed by atoms with Crippen LogP contribution < -0.4 is 0 Å². The second-order valence-corrected chi connectivity index (χ2v) is 6.11. The highest BCUT2D eigenvalue weighted by molar-refractivity contribution is 5.82. The largest absolute Gasteiger partial charge is 0.463 e. The van der Waals surface area contributed by atoms with Crippen LogP contribution >= 0.6 is 0 Å². The average Bonchev–Trinajstić information content (AvgIpc) is 2.37. The zero-order valence-corrected chi connectivity index (χ0v) is 13.6. The van der Waals surface area contributed by atoms with Crippen molar-refractivity contribution in [3.05, 3.63) is 0 Å². The van der Waals surface area contributed by atoms with Crippen molar-refractivity contribution in [2.45, 2.75) is 90.6 Å². The first-order valence-corrected chi connectivity index (χ1v) is 7.94. The number of hydrogen-bond donors (Lipinski definition) is 0. The molecular weight excluding hydrogens is 272 g/mol. The van der Waals surface area contributed by atoms with E-state index in [4.69, 9.17) is 14.2 Å². The molecule has 0 spiro atoms. The Bertz CT molecular complexity index is 332. The minimum absolute atomic E-state index is 0.0373. The van der Waals surface area contributed by atoms with E-state index >= 15 is 0 Å². The van der Waals surface area contributed by atoms with Gasteiger partial charge in [-0.15, -0.1) is 0 Å². The first-order chi connectivity index (χ1) is 9.88. The fourth-order valence-electron chi connectivity index (χ4n) is 2.39. The number of carbonyl (C=O) groups excluding carboxylic acids is 2. The van der Waals surface area contributed by atoms with Gasteiger partial charge in [-0.1, -0.05) is 19.3 Å². The number of rotatable bonds is 7. The molecule has 0 heterocycles. The van der Waals surface area contributed by atoms with Crippen LogP contribution in [0.1, 0.15) is 66.2 Å². The van der Waals surface area contributed by atoms with Gasteiger partial charge in [0.05, 0.1) is 24.7 Å². The molecule has 0 aliphatic heterocycles. The molecule has 122 valence electrons. The number of ether oxygens (including phenoxy) is 3. The summed E-state index contributed by atoms with van der Waals surface area (Å²) in [6, 6.07) is 0. The fraction of sp³-hybridized carbons (Fsp3) is 0.875. The third-order valence-corrected chi connectivity index (χ3v) is 3.24. The van der Waals surface area contributed by atoms with Crippen LogP contribution in [-0.4, -0.2) is 36.4 Å². The van der Waals surface area contributed by atoms with Crippen molar-refractivity contribution in [3.8, 4) is 0 Å². The maximum absolute atomic E-state index is 12.1. The van der Waals surface area contributed by atoms with Gasteiger partial charge >= 0.3 is 11.9 Å². The van der Waals surface area contributed by atoms with Crippen molar-refractivity contribution in [1.82, 2.24) is 0 Å². The van der Waals surface area contributed by atoms with Crippen molar-refractivity contribution < 1.29 is 23.8 Å². The Morgan fingerprint density at radius 1 is 0.952 bits per heavy atom. The quantitative estimate of drug-likeness (QED) is 0.676. The molecule has 0 aromatic carbocycles. The van der Waals surface area contributed by atoms with Gasteiger partial charge in [-0.2, -0.15) is 0 Å². The Morgan fingerprint density at radius 2 is 1.52 bits per heavy atom. The summed E-state index contributed by atoms with van der Waals surface area (Å²) in [5.74, 6) is -0.900. The molecule has 0 aromatic heterocycles. The summed E-state index contributed by atoms with van der Waals surface area (Å²) in [5, 5.41) is 0. The van der Waals surface area contributed by atoms with E-state index in [1.54, 1.807) is 27.7 Å². The zero-order valence-electron chi connectivity index (χ0n) is 13.6. The molecule has 5 heteroatoms. The standard InChI is InChI=1S/C16H28O5/c1-11(2)19-15(17)10-14(16(18)20-12(3)4)21-13-8-6-5-7-9-13/h11-14H,5-10H2,1-4H3. The molecule has 5 nitrogen and oxygen atoms in total. The van der Waals surface area contributed by atoms with E-state index < -0.39 is 18.0 Å². The molecule has 0 saturated heterocycles. The highest BCUT2D eigenvalue weighted by Crippen LogP contribution is 2.23. The zero-order chi connectivity index (χ0) is 15.8. The Hall–Kier alpha value is -1.10. The summed E-state index contributed by atoms with van der Waals surface area (Å²) in [4.78, 5) is 23.9. The first-order valence-electron chi connectivity index (χ1n) is 7.94. The monoisotopic (exact) mass is 300 g/mol. The van der Waals surface area contributed by atoms with Crippen LogP contribution in [0.4, 0.5) is 0 Å². The predicted molar refractivity (Wildman–Crippen MR) is 78.8 cm³/mol. The predicted octanol–water partition coefficient (Wildman–Crippen LogP) is 3.00. The smallest absolute Gasteiger partial charge is 0.336 e. The molecule has 0 amide bonds. The molecule has 1 aliphatic carbocycles. The van der Waals surface area contributed by atoms with Gasteiger partial charge in [-0.3, -0.25) is 4.79 Å². The van der Waals surface area contributed by atoms with Crippen molar-refractivity contribution in [3.63, 3.8) is 0 Å². The van der Waals surface area contributed by atoms with E-state index in [1.165, 1.54) is 6.42 Å². The van der Waals surface area contributed by atoms with Gasteiger partial charge in [-0.05, 0) is 40.5 Å². The topological polar surface area (TPSA) is 61.8 Å². The molecule has 1 atom stereocenters. The van der Waals surface area contributed by atoms with Crippen LogP contribution in [0.25, 0.3) is 0 Å². The third-order valence-electron chi connectivity index (χ3n) is 3.24. The van der Waals surface area contributed by atoms with Gasteiger partial charge in [0.2, 0.25) is 0 Å². The Balaban J connectivity index is 2.59. The van der Waals surface area contributed by atoms with E-state index in [0.717, 1.165) is 25.7 Å². The van der Waals surface area contributed by atoms with Gasteiger partial charge in [0.1, 0.15) is 0 Å². The van der Waals surface area contributed by atoms with Gasteiger partial charge in [0, 0.05) is 0 Å². The molecule has 0 radical (unpaired) electrons. The third kappa shape index (κ3) is 7.46. The highest BCUT2D eigenvalue weighted by Gasteiger charge is 2.29. The molecule has 0 aromatic rings.